The van der Waals surface area contributed by atoms with Gasteiger partial charge in [0.25, 0.3) is 0 Å². The van der Waals surface area contributed by atoms with Crippen molar-refractivity contribution < 1.29 is 0 Å². The largest absolute Gasteiger partial charge is 0.182 e. The van der Waals surface area contributed by atoms with Gasteiger partial charge in [-0.05, 0) is 96.2 Å². The summed E-state index contributed by atoms with van der Waals surface area (Å²) in [4.78, 5) is 0. The van der Waals surface area contributed by atoms with E-state index in [1.807, 2.05) is 0 Å². The van der Waals surface area contributed by atoms with E-state index in [4.69, 9.17) is 10.2 Å². The average Bonchev–Trinajstić information content (AvgIpc) is 3.41. The van der Waals surface area contributed by atoms with Gasteiger partial charge in [0.05, 0.1) is 0 Å². The van der Waals surface area contributed by atoms with Gasteiger partial charge >= 0.3 is 0 Å². The molecule has 2 aliphatic carbocycles. The van der Waals surface area contributed by atoms with Gasteiger partial charge in [0.15, 0.2) is 0 Å². The molecule has 0 N–H and O–H groups in total. The number of fused-ring (bicyclic) bond motifs is 6. The minimum absolute atomic E-state index is 0. The van der Waals surface area contributed by atoms with E-state index in [0.29, 0.717) is 0 Å². The summed E-state index contributed by atoms with van der Waals surface area (Å²) in [5.74, 6) is 0. The summed E-state index contributed by atoms with van der Waals surface area (Å²) in [6, 6.07) is 30.8. The molecule has 2 aliphatic rings. The van der Waals surface area contributed by atoms with E-state index < -0.39 is 11.1 Å². The minimum Gasteiger partial charge on any atom is -0.182 e. The van der Waals surface area contributed by atoms with Crippen molar-refractivity contribution in [3.63, 3.8) is 0 Å². The summed E-state index contributed by atoms with van der Waals surface area (Å²) in [7, 11) is 0. The van der Waals surface area contributed by atoms with Crippen LogP contribution in [0.4, 0.5) is 0 Å². The van der Waals surface area contributed by atoms with Crippen molar-refractivity contribution in [3.8, 4) is 22.3 Å². The third-order valence-electron chi connectivity index (χ3n) is 7.57. The van der Waals surface area contributed by atoms with E-state index in [0.717, 1.165) is 12.8 Å². The minimum atomic E-state index is -0.411. The zero-order valence-corrected chi connectivity index (χ0v) is 21.6. The molecule has 0 unspecified atom stereocenters. The van der Waals surface area contributed by atoms with Crippen LogP contribution in [0.15, 0.2) is 95.2 Å². The van der Waals surface area contributed by atoms with Crippen LogP contribution in [-0.2, 0) is 23.9 Å². The molecule has 0 fully saturated rings. The number of hydrogen-bond acceptors (Lipinski definition) is 2. The predicted molar refractivity (Wildman–Crippen MR) is 148 cm³/mol. The number of rotatable bonds is 4. The van der Waals surface area contributed by atoms with E-state index in [-0.39, 0.29) is 12.4 Å². The van der Waals surface area contributed by atoms with Crippen LogP contribution in [0.5, 0.6) is 0 Å². The molecule has 4 aromatic rings. The Labute approximate surface area is 214 Å². The third kappa shape index (κ3) is 3.81. The van der Waals surface area contributed by atoms with E-state index in [1.165, 1.54) is 55.6 Å². The van der Waals surface area contributed by atoms with E-state index in [2.05, 4.69) is 113 Å². The van der Waals surface area contributed by atoms with Gasteiger partial charge in [0.1, 0.15) is 11.1 Å². The molecule has 0 aliphatic heterocycles. The zero-order chi connectivity index (χ0) is 23.5. The molecule has 0 spiro atoms. The molecule has 3 heteroatoms. The van der Waals surface area contributed by atoms with E-state index in [9.17, 15) is 0 Å². The van der Waals surface area contributed by atoms with Crippen LogP contribution in [0.3, 0.4) is 0 Å². The van der Waals surface area contributed by atoms with Crippen molar-refractivity contribution in [2.45, 2.75) is 51.6 Å². The first-order chi connectivity index (χ1) is 16.4. The Kier molecular flexibility index (Phi) is 5.68. The molecule has 35 heavy (non-hydrogen) atoms. The number of halogens is 1. The summed E-state index contributed by atoms with van der Waals surface area (Å²) in [6.07, 6.45) is 1.93. The molecule has 0 saturated heterocycles. The summed E-state index contributed by atoms with van der Waals surface area (Å²) >= 11 is 0. The SMILES string of the molecule is CC(C)(N=NC(C)(C)c1cccc2c1Cc1ccccc1-2)c1cccc2c1Cc1ccccc1-2.Cl. The fourth-order valence-corrected chi connectivity index (χ4v) is 5.82. The summed E-state index contributed by atoms with van der Waals surface area (Å²) in [5, 5.41) is 10.0. The molecular weight excluding hydrogens is 448 g/mol. The highest BCUT2D eigenvalue weighted by Gasteiger charge is 2.32. The van der Waals surface area contributed by atoms with Crippen molar-refractivity contribution in [1.29, 1.82) is 0 Å². The zero-order valence-electron chi connectivity index (χ0n) is 20.8. The van der Waals surface area contributed by atoms with Crippen molar-refractivity contribution >= 4 is 12.4 Å². The highest BCUT2D eigenvalue weighted by molar-refractivity contribution is 5.85. The first-order valence-corrected chi connectivity index (χ1v) is 12.2. The number of nitrogens with zero attached hydrogens (tertiary/aromatic N) is 2. The van der Waals surface area contributed by atoms with E-state index >= 15 is 0 Å². The van der Waals surface area contributed by atoms with Crippen molar-refractivity contribution in [2.24, 2.45) is 10.2 Å². The topological polar surface area (TPSA) is 24.7 Å². The Bertz CT molecular complexity index is 1350. The van der Waals surface area contributed by atoms with Crippen LogP contribution in [0.25, 0.3) is 22.3 Å². The summed E-state index contributed by atoms with van der Waals surface area (Å²) in [6.45, 7) is 8.76. The van der Waals surface area contributed by atoms with Gasteiger partial charge in [0.2, 0.25) is 0 Å². The maximum Gasteiger partial charge on any atom is 0.101 e. The maximum absolute atomic E-state index is 5.01. The molecular formula is C32H31ClN2. The van der Waals surface area contributed by atoms with Gasteiger partial charge in [0, 0.05) is 0 Å². The molecule has 0 atom stereocenters. The first kappa shape index (κ1) is 23.5. The fraction of sp³-hybridized carbons (Fsp3) is 0.250. The van der Waals surface area contributed by atoms with E-state index in [1.54, 1.807) is 0 Å². The van der Waals surface area contributed by atoms with Crippen LogP contribution in [-0.4, -0.2) is 0 Å². The smallest absolute Gasteiger partial charge is 0.101 e. The molecule has 2 nitrogen and oxygen atoms in total. The molecule has 4 aromatic carbocycles. The van der Waals surface area contributed by atoms with Gasteiger partial charge in [-0.25, -0.2) is 0 Å². The Hall–Kier alpha value is -3.23. The Morgan fingerprint density at radius 3 is 1.29 bits per heavy atom. The van der Waals surface area contributed by atoms with Crippen molar-refractivity contribution in [1.82, 2.24) is 0 Å². The molecule has 176 valence electrons. The highest BCUT2D eigenvalue weighted by Crippen LogP contribution is 2.44. The molecule has 0 aromatic heterocycles. The lowest BCUT2D eigenvalue weighted by Gasteiger charge is -2.27. The van der Waals surface area contributed by atoms with Gasteiger partial charge in [-0.15, -0.1) is 12.4 Å². The Morgan fingerprint density at radius 2 is 0.857 bits per heavy atom. The Morgan fingerprint density at radius 1 is 0.486 bits per heavy atom. The van der Waals surface area contributed by atoms with Gasteiger partial charge in [-0.1, -0.05) is 84.9 Å². The number of azo groups is 1. The molecule has 0 bridgehead atoms. The second-order valence-corrected chi connectivity index (χ2v) is 10.6. The number of benzene rings is 4. The standard InChI is InChI=1S/C32H30N2.ClH/c1-31(2,29-17-9-15-25-23-13-7-5-11-21(23)19-27(25)29)33-34-32(3,4)30-18-10-16-26-24-14-8-6-12-22(24)20-28(26)30;/h5-18H,19-20H2,1-4H3;1H. The second-order valence-electron chi connectivity index (χ2n) is 10.6. The number of hydrogen-bond donors (Lipinski definition) is 0. The average molecular weight is 479 g/mol. The van der Waals surface area contributed by atoms with Crippen molar-refractivity contribution in [2.75, 3.05) is 0 Å². The second kappa shape index (κ2) is 8.46. The van der Waals surface area contributed by atoms with Crippen LogP contribution in [0.1, 0.15) is 61.1 Å². The summed E-state index contributed by atoms with van der Waals surface area (Å²) < 4.78 is 0. The lowest BCUT2D eigenvalue weighted by atomic mass is 9.87. The first-order valence-electron chi connectivity index (χ1n) is 12.2. The summed E-state index contributed by atoms with van der Waals surface area (Å²) in [5.41, 5.74) is 12.7. The van der Waals surface area contributed by atoms with Crippen LogP contribution in [0.2, 0.25) is 0 Å². The molecule has 0 amide bonds. The lowest BCUT2D eigenvalue weighted by Crippen LogP contribution is -2.20. The highest BCUT2D eigenvalue weighted by atomic mass is 35.5. The van der Waals surface area contributed by atoms with Gasteiger partial charge < -0.3 is 0 Å². The van der Waals surface area contributed by atoms with Crippen LogP contribution in [0, 0.1) is 0 Å². The molecule has 6 rings (SSSR count). The van der Waals surface area contributed by atoms with Gasteiger partial charge in [-0.3, -0.25) is 0 Å². The molecule has 0 heterocycles. The third-order valence-corrected chi connectivity index (χ3v) is 7.57. The predicted octanol–water partition coefficient (Wildman–Crippen LogP) is 8.87. The van der Waals surface area contributed by atoms with Crippen LogP contribution < -0.4 is 0 Å². The van der Waals surface area contributed by atoms with Crippen LogP contribution >= 0.6 is 12.4 Å². The Balaban J connectivity index is 0.00000253. The fourth-order valence-electron chi connectivity index (χ4n) is 5.82. The lowest BCUT2D eigenvalue weighted by molar-refractivity contribution is 0.436. The van der Waals surface area contributed by atoms with Gasteiger partial charge in [-0.2, -0.15) is 10.2 Å². The maximum atomic E-state index is 5.01. The quantitative estimate of drug-likeness (QED) is 0.226. The normalized spacial score (nSPS) is 13.7. The molecule has 0 radical (unpaired) electrons. The molecule has 0 saturated carbocycles. The van der Waals surface area contributed by atoms with Crippen molar-refractivity contribution in [3.05, 3.63) is 118 Å². The monoisotopic (exact) mass is 478 g/mol.